The van der Waals surface area contributed by atoms with E-state index in [9.17, 15) is 4.79 Å². The molecule has 1 aromatic heterocycles. The van der Waals surface area contributed by atoms with Crippen molar-refractivity contribution in [2.45, 2.75) is 126 Å². The first-order valence-electron chi connectivity index (χ1n) is 20.9. The first-order valence-corrected chi connectivity index (χ1v) is 21.2. The Morgan fingerprint density at radius 3 is 2.21 bits per heavy atom. The minimum absolute atomic E-state index is 0.0860. The van der Waals surface area contributed by atoms with E-state index in [1.165, 1.54) is 42.3 Å². The standard InChI is InChI=1S/C16H18ClN.C14H22N2O.C10H16N4.C7H14O/c1-2-10-18-12-13-4-3-5-15(11-13)14-6-8-16(17)9-7-14;1-3-12(2)9-10-15-14(17)16-11-13-7-5-4-6-8-13;1-4-7(2)5-12-9-8(3)13-6-14-10(9)11;1-3-7-5-4-6(2)8-7/h3-9,11,18H,2,10,12H2,1H3;4-8,12H,3,9-11H2,1-2H3,(H2,15,16,17);5-7H,4H2,1-3H3,(H2,11,13,14);6-7H,3-5H2,1-2H3/t;12-;7-;/m.11./s1. The van der Waals surface area contributed by atoms with Crippen LogP contribution in [0.15, 0.2) is 90.2 Å². The molecule has 10 heteroatoms. The Morgan fingerprint density at radius 1 is 0.895 bits per heavy atom. The fourth-order valence-electron chi connectivity index (χ4n) is 5.53. The van der Waals surface area contributed by atoms with Gasteiger partial charge in [0.05, 0.1) is 17.9 Å². The average molecular weight is 801 g/mol. The molecule has 312 valence electrons. The van der Waals surface area contributed by atoms with Crippen molar-refractivity contribution in [1.29, 1.82) is 0 Å². The number of amides is 2. The number of anilines is 1. The highest BCUT2D eigenvalue weighted by atomic mass is 35.5. The first kappa shape index (κ1) is 48.8. The number of aryl methyl sites for hydroxylation is 1. The maximum atomic E-state index is 11.5. The SMILES string of the molecule is CCC1CCC(C)O1.CCCNCc1cccc(-c2ccc(Cl)cc2)c1.CC[C@@H](C)C=Nc1c(C)ncnc1N.CC[C@@H](C)CCNC(=O)NCc1ccccc1. The lowest BCUT2D eigenvalue weighted by Gasteiger charge is -2.10. The summed E-state index contributed by atoms with van der Waals surface area (Å²) in [6.45, 7) is 20.3. The van der Waals surface area contributed by atoms with Gasteiger partial charge in [0.15, 0.2) is 5.82 Å². The minimum Gasteiger partial charge on any atom is -0.382 e. The van der Waals surface area contributed by atoms with Crippen LogP contribution in [0.1, 0.15) is 110 Å². The van der Waals surface area contributed by atoms with Crippen LogP contribution >= 0.6 is 11.6 Å². The Balaban J connectivity index is 0.000000271. The molecule has 4 aromatic rings. The number of aromatic nitrogens is 2. The number of aliphatic imine (C=N–C) groups is 1. The molecule has 1 saturated heterocycles. The number of rotatable bonds is 15. The molecule has 9 nitrogen and oxygen atoms in total. The van der Waals surface area contributed by atoms with Gasteiger partial charge < -0.3 is 26.4 Å². The summed E-state index contributed by atoms with van der Waals surface area (Å²) in [5, 5.41) is 9.90. The van der Waals surface area contributed by atoms with Crippen LogP contribution in [0.4, 0.5) is 16.3 Å². The molecule has 0 spiro atoms. The van der Waals surface area contributed by atoms with Gasteiger partial charge in [-0.3, -0.25) is 4.99 Å². The number of carbonyl (C=O) groups excluding carboxylic acids is 1. The molecule has 1 aliphatic heterocycles. The van der Waals surface area contributed by atoms with Crippen LogP contribution < -0.4 is 21.7 Å². The average Bonchev–Trinajstić information content (AvgIpc) is 3.66. The van der Waals surface area contributed by atoms with Crippen LogP contribution in [-0.4, -0.2) is 47.5 Å². The highest BCUT2D eigenvalue weighted by Crippen LogP contribution is 2.23. The van der Waals surface area contributed by atoms with E-state index in [1.807, 2.05) is 55.6 Å². The molecule has 0 aliphatic carbocycles. The fraction of sp³-hybridized carbons (Fsp3) is 0.489. The Labute approximate surface area is 349 Å². The van der Waals surface area contributed by atoms with Gasteiger partial charge in [-0.1, -0.05) is 120 Å². The molecule has 2 heterocycles. The van der Waals surface area contributed by atoms with E-state index in [-0.39, 0.29) is 6.03 Å². The molecule has 0 saturated carbocycles. The third kappa shape index (κ3) is 21.1. The molecule has 0 bridgehead atoms. The lowest BCUT2D eigenvalue weighted by Crippen LogP contribution is -2.35. The van der Waals surface area contributed by atoms with Crippen LogP contribution in [-0.2, 0) is 17.8 Å². The van der Waals surface area contributed by atoms with Gasteiger partial charge in [-0.25, -0.2) is 14.8 Å². The quantitative estimate of drug-likeness (QED) is 0.0700. The summed E-state index contributed by atoms with van der Waals surface area (Å²) in [5.74, 6) is 1.57. The lowest BCUT2D eigenvalue weighted by atomic mass is 10.0. The number of benzene rings is 3. The van der Waals surface area contributed by atoms with Gasteiger partial charge in [0, 0.05) is 30.9 Å². The highest BCUT2D eigenvalue weighted by molar-refractivity contribution is 6.30. The van der Waals surface area contributed by atoms with Crippen molar-refractivity contribution in [3.8, 4) is 11.1 Å². The second-order valence-corrected chi connectivity index (χ2v) is 15.1. The number of nitrogens with one attached hydrogen (secondary N) is 3. The molecule has 2 amide bonds. The number of hydrogen-bond acceptors (Lipinski definition) is 7. The zero-order valence-electron chi connectivity index (χ0n) is 35.9. The molecule has 4 atom stereocenters. The normalized spacial score (nSPS) is 15.5. The molecule has 1 aliphatic rings. The summed E-state index contributed by atoms with van der Waals surface area (Å²) in [6, 6.07) is 26.4. The predicted octanol–water partition coefficient (Wildman–Crippen LogP) is 11.5. The van der Waals surface area contributed by atoms with Crippen LogP contribution in [0.3, 0.4) is 0 Å². The molecule has 2 unspecified atom stereocenters. The van der Waals surface area contributed by atoms with E-state index < -0.39 is 0 Å². The van der Waals surface area contributed by atoms with Gasteiger partial charge in [-0.2, -0.15) is 0 Å². The van der Waals surface area contributed by atoms with Crippen LogP contribution in [0, 0.1) is 18.8 Å². The second kappa shape index (κ2) is 29.0. The Kier molecular flexibility index (Phi) is 24.8. The molecule has 3 aromatic carbocycles. The van der Waals surface area contributed by atoms with E-state index in [4.69, 9.17) is 22.1 Å². The number of carbonyl (C=O) groups is 1. The Morgan fingerprint density at radius 2 is 1.61 bits per heavy atom. The van der Waals surface area contributed by atoms with Crippen molar-refractivity contribution in [2.24, 2.45) is 16.8 Å². The largest absolute Gasteiger partial charge is 0.382 e. The fourth-order valence-corrected chi connectivity index (χ4v) is 5.65. The van der Waals surface area contributed by atoms with Gasteiger partial charge in [-0.15, -0.1) is 0 Å². The summed E-state index contributed by atoms with van der Waals surface area (Å²) < 4.78 is 5.51. The summed E-state index contributed by atoms with van der Waals surface area (Å²) >= 11 is 5.90. The zero-order chi connectivity index (χ0) is 41.8. The van der Waals surface area contributed by atoms with Crippen LogP contribution in [0.25, 0.3) is 11.1 Å². The topological polar surface area (TPSA) is 127 Å². The van der Waals surface area contributed by atoms with Crippen molar-refractivity contribution < 1.29 is 9.53 Å². The number of halogens is 1. The molecule has 5 rings (SSSR count). The summed E-state index contributed by atoms with van der Waals surface area (Å²) in [7, 11) is 0. The van der Waals surface area contributed by atoms with E-state index in [0.717, 1.165) is 61.6 Å². The van der Waals surface area contributed by atoms with Crippen molar-refractivity contribution in [1.82, 2.24) is 25.9 Å². The van der Waals surface area contributed by atoms with Gasteiger partial charge >= 0.3 is 6.03 Å². The molecule has 5 N–H and O–H groups in total. The van der Waals surface area contributed by atoms with Gasteiger partial charge in [0.2, 0.25) is 0 Å². The number of hydrogen-bond donors (Lipinski definition) is 4. The summed E-state index contributed by atoms with van der Waals surface area (Å²) in [5.41, 5.74) is 12.1. The zero-order valence-corrected chi connectivity index (χ0v) is 36.6. The maximum Gasteiger partial charge on any atom is 0.315 e. The van der Waals surface area contributed by atoms with E-state index in [2.05, 4.69) is 116 Å². The third-order valence-corrected chi connectivity index (χ3v) is 9.94. The highest BCUT2D eigenvalue weighted by Gasteiger charge is 2.19. The smallest absolute Gasteiger partial charge is 0.315 e. The molecule has 0 radical (unpaired) electrons. The number of nitrogen functional groups attached to an aromatic ring is 1. The maximum absolute atomic E-state index is 11.5. The number of nitrogens with two attached hydrogens (primary N) is 1. The Bertz CT molecular complexity index is 1670. The number of nitrogens with zero attached hydrogens (tertiary/aromatic N) is 3. The van der Waals surface area contributed by atoms with Gasteiger partial charge in [0.25, 0.3) is 0 Å². The molecule has 57 heavy (non-hydrogen) atoms. The summed E-state index contributed by atoms with van der Waals surface area (Å²) in [4.78, 5) is 23.7. The van der Waals surface area contributed by atoms with Crippen LogP contribution in [0.5, 0.6) is 0 Å². The van der Waals surface area contributed by atoms with E-state index in [1.54, 1.807) is 0 Å². The lowest BCUT2D eigenvalue weighted by molar-refractivity contribution is 0.0540. The van der Waals surface area contributed by atoms with Crippen molar-refractivity contribution in [2.75, 3.05) is 18.8 Å². The van der Waals surface area contributed by atoms with Crippen molar-refractivity contribution in [3.05, 3.63) is 107 Å². The monoisotopic (exact) mass is 800 g/mol. The number of ether oxygens (including phenoxy) is 1. The van der Waals surface area contributed by atoms with Gasteiger partial charge in [0.1, 0.15) is 12.0 Å². The third-order valence-electron chi connectivity index (χ3n) is 9.69. The second-order valence-electron chi connectivity index (χ2n) is 14.7. The van der Waals surface area contributed by atoms with Crippen LogP contribution in [0.2, 0.25) is 5.02 Å². The molecular weight excluding hydrogens is 730 g/mol. The van der Waals surface area contributed by atoms with Crippen molar-refractivity contribution >= 4 is 35.4 Å². The number of urea groups is 1. The molecule has 1 fully saturated rings. The van der Waals surface area contributed by atoms with Crippen molar-refractivity contribution in [3.63, 3.8) is 0 Å². The minimum atomic E-state index is -0.0860. The predicted molar refractivity (Wildman–Crippen MR) is 242 cm³/mol. The Hall–Kier alpha value is -4.31. The van der Waals surface area contributed by atoms with E-state index in [0.29, 0.717) is 42.1 Å². The molecular formula is C47H70ClN7O2. The summed E-state index contributed by atoms with van der Waals surface area (Å²) in [6.07, 6.45) is 12.6. The van der Waals surface area contributed by atoms with Gasteiger partial charge in [-0.05, 0) is 111 Å². The first-order chi connectivity index (χ1) is 27.5. The van der Waals surface area contributed by atoms with E-state index >= 15 is 0 Å².